The zero-order chi connectivity index (χ0) is 18.5. The van der Waals surface area contributed by atoms with E-state index in [4.69, 9.17) is 14.0 Å². The van der Waals surface area contributed by atoms with Crippen LogP contribution in [0.5, 0.6) is 5.75 Å². The molecule has 3 aliphatic rings. The van der Waals surface area contributed by atoms with Gasteiger partial charge in [-0.1, -0.05) is 18.6 Å². The molecule has 0 radical (unpaired) electrons. The fourth-order valence-electron chi connectivity index (χ4n) is 4.54. The van der Waals surface area contributed by atoms with E-state index in [-0.39, 0.29) is 18.3 Å². The van der Waals surface area contributed by atoms with Crippen LogP contribution in [0.25, 0.3) is 0 Å². The smallest absolute Gasteiger partial charge is 0.490 e. The molecule has 1 aromatic rings. The van der Waals surface area contributed by atoms with Crippen molar-refractivity contribution in [3.63, 3.8) is 0 Å². The maximum Gasteiger partial charge on any atom is 0.494 e. The maximum atomic E-state index is 6.33. The molecule has 3 heterocycles. The van der Waals surface area contributed by atoms with Crippen LogP contribution < -0.4 is 10.2 Å². The van der Waals surface area contributed by atoms with Crippen LogP contribution in [-0.2, 0) is 9.31 Å². The summed E-state index contributed by atoms with van der Waals surface area (Å²) in [4.78, 5) is 2.57. The zero-order valence-electron chi connectivity index (χ0n) is 16.8. The lowest BCUT2D eigenvalue weighted by atomic mass is 9.79. The van der Waals surface area contributed by atoms with Crippen molar-refractivity contribution in [1.82, 2.24) is 4.90 Å². The van der Waals surface area contributed by atoms with Gasteiger partial charge in [0.25, 0.3) is 0 Å². The van der Waals surface area contributed by atoms with E-state index >= 15 is 0 Å². The van der Waals surface area contributed by atoms with Crippen molar-refractivity contribution >= 4 is 12.6 Å². The standard InChI is InChI=1S/C21H32BNO3/c1-20(2)21(3,4)26-22(25-20)15-9-11-18(12-10-15)24-19-13-16-7-6-8-17(14-19)23(16)5/h9-12,16-17,19H,6-8,13-14H2,1-5H3/t16-,17+,19?. The summed E-state index contributed by atoms with van der Waals surface area (Å²) in [5.41, 5.74) is 0.438. The number of rotatable bonds is 3. The molecule has 0 aliphatic carbocycles. The van der Waals surface area contributed by atoms with Crippen LogP contribution in [0, 0.1) is 0 Å². The van der Waals surface area contributed by atoms with Gasteiger partial charge < -0.3 is 18.9 Å². The van der Waals surface area contributed by atoms with Gasteiger partial charge in [-0.25, -0.2) is 0 Å². The Balaban J connectivity index is 1.40. The van der Waals surface area contributed by atoms with Crippen LogP contribution >= 0.6 is 0 Å². The normalized spacial score (nSPS) is 33.3. The fourth-order valence-corrected chi connectivity index (χ4v) is 4.54. The van der Waals surface area contributed by atoms with Gasteiger partial charge in [0.05, 0.1) is 11.2 Å². The number of hydrogen-bond donors (Lipinski definition) is 0. The van der Waals surface area contributed by atoms with Crippen LogP contribution in [0.1, 0.15) is 59.8 Å². The Labute approximate surface area is 158 Å². The van der Waals surface area contributed by atoms with Crippen molar-refractivity contribution in [2.75, 3.05) is 7.05 Å². The predicted octanol–water partition coefficient (Wildman–Crippen LogP) is 3.38. The number of nitrogens with zero attached hydrogens (tertiary/aromatic N) is 1. The second kappa shape index (κ2) is 6.54. The van der Waals surface area contributed by atoms with E-state index < -0.39 is 0 Å². The van der Waals surface area contributed by atoms with Crippen LogP contribution in [0.3, 0.4) is 0 Å². The first-order valence-corrected chi connectivity index (χ1v) is 10.1. The minimum absolute atomic E-state index is 0.307. The highest BCUT2D eigenvalue weighted by Gasteiger charge is 2.51. The summed E-state index contributed by atoms with van der Waals surface area (Å²) < 4.78 is 18.6. The summed E-state index contributed by atoms with van der Waals surface area (Å²) in [7, 11) is 1.97. The van der Waals surface area contributed by atoms with Gasteiger partial charge in [-0.3, -0.25) is 0 Å². The van der Waals surface area contributed by atoms with Gasteiger partial charge in [0.2, 0.25) is 0 Å². The third-order valence-electron chi connectivity index (χ3n) is 7.00. The van der Waals surface area contributed by atoms with Gasteiger partial charge in [0.1, 0.15) is 11.9 Å². The molecule has 142 valence electrons. The molecule has 0 aromatic heterocycles. The Morgan fingerprint density at radius 3 is 2.04 bits per heavy atom. The highest BCUT2D eigenvalue weighted by molar-refractivity contribution is 6.62. The van der Waals surface area contributed by atoms with Crippen molar-refractivity contribution in [3.8, 4) is 5.75 Å². The van der Waals surface area contributed by atoms with Crippen LogP contribution in [0.2, 0.25) is 0 Å². The molecule has 0 N–H and O–H groups in total. The number of fused-ring (bicyclic) bond motifs is 2. The second-order valence-corrected chi connectivity index (χ2v) is 9.27. The van der Waals surface area contributed by atoms with Crippen molar-refractivity contribution in [2.24, 2.45) is 0 Å². The van der Waals surface area contributed by atoms with E-state index in [0.29, 0.717) is 18.2 Å². The number of ether oxygens (including phenoxy) is 1. The summed E-state index contributed by atoms with van der Waals surface area (Å²) in [6, 6.07) is 9.66. The van der Waals surface area contributed by atoms with E-state index in [0.717, 1.165) is 24.1 Å². The Hall–Kier alpha value is -1.04. The average molecular weight is 357 g/mol. The third kappa shape index (κ3) is 3.30. The van der Waals surface area contributed by atoms with E-state index in [1.807, 2.05) is 0 Å². The van der Waals surface area contributed by atoms with Crippen molar-refractivity contribution < 1.29 is 14.0 Å². The number of hydrogen-bond acceptors (Lipinski definition) is 4. The zero-order valence-corrected chi connectivity index (χ0v) is 16.8. The van der Waals surface area contributed by atoms with Gasteiger partial charge in [-0.15, -0.1) is 0 Å². The van der Waals surface area contributed by atoms with Gasteiger partial charge in [0, 0.05) is 12.1 Å². The quantitative estimate of drug-likeness (QED) is 0.776. The van der Waals surface area contributed by atoms with E-state index in [1.54, 1.807) is 0 Å². The minimum Gasteiger partial charge on any atom is -0.490 e. The largest absolute Gasteiger partial charge is 0.494 e. The summed E-state index contributed by atoms with van der Waals surface area (Å²) in [5.74, 6) is 0.956. The lowest BCUT2D eigenvalue weighted by Crippen LogP contribution is -2.52. The molecule has 3 fully saturated rings. The predicted molar refractivity (Wildman–Crippen MR) is 105 cm³/mol. The molecular weight excluding hydrogens is 325 g/mol. The molecule has 0 saturated carbocycles. The molecule has 5 heteroatoms. The van der Waals surface area contributed by atoms with Gasteiger partial charge >= 0.3 is 7.12 Å². The van der Waals surface area contributed by atoms with E-state index in [2.05, 4.69) is 63.9 Å². The fraction of sp³-hybridized carbons (Fsp3) is 0.714. The highest BCUT2D eigenvalue weighted by atomic mass is 16.7. The second-order valence-electron chi connectivity index (χ2n) is 9.27. The first kappa shape index (κ1) is 18.3. The summed E-state index contributed by atoms with van der Waals surface area (Å²) in [6.45, 7) is 8.34. The lowest BCUT2D eigenvalue weighted by Gasteiger charge is -2.46. The number of benzene rings is 1. The SMILES string of the molecule is CN1[C@@H]2CCC[C@H]1CC(Oc1ccc(B3OC(C)(C)C(C)(C)O3)cc1)C2. The van der Waals surface area contributed by atoms with Crippen molar-refractivity contribution in [3.05, 3.63) is 24.3 Å². The van der Waals surface area contributed by atoms with Gasteiger partial charge in [0.15, 0.2) is 0 Å². The Morgan fingerprint density at radius 1 is 0.962 bits per heavy atom. The third-order valence-corrected chi connectivity index (χ3v) is 7.00. The molecular formula is C21H32BNO3. The molecule has 0 spiro atoms. The molecule has 1 aromatic carbocycles. The summed E-state index contributed by atoms with van der Waals surface area (Å²) in [5, 5.41) is 0. The van der Waals surface area contributed by atoms with Crippen molar-refractivity contribution in [1.29, 1.82) is 0 Å². The maximum absolute atomic E-state index is 6.33. The first-order chi connectivity index (χ1) is 12.2. The van der Waals surface area contributed by atoms with Gasteiger partial charge in [-0.2, -0.15) is 0 Å². The van der Waals surface area contributed by atoms with Crippen LogP contribution in [0.15, 0.2) is 24.3 Å². The van der Waals surface area contributed by atoms with E-state index in [1.165, 1.54) is 19.3 Å². The molecule has 1 unspecified atom stereocenters. The monoisotopic (exact) mass is 357 g/mol. The van der Waals surface area contributed by atoms with Gasteiger partial charge in [-0.05, 0) is 78.0 Å². The molecule has 0 amide bonds. The topological polar surface area (TPSA) is 30.9 Å². The minimum atomic E-state index is -0.309. The first-order valence-electron chi connectivity index (χ1n) is 10.1. The Bertz CT molecular complexity index is 615. The van der Waals surface area contributed by atoms with Crippen molar-refractivity contribution in [2.45, 2.75) is 89.2 Å². The summed E-state index contributed by atoms with van der Waals surface area (Å²) in [6.07, 6.45) is 6.62. The summed E-state index contributed by atoms with van der Waals surface area (Å²) >= 11 is 0. The molecule has 3 aliphatic heterocycles. The Kier molecular flexibility index (Phi) is 4.61. The number of piperidine rings is 2. The average Bonchev–Trinajstić information content (AvgIpc) is 2.77. The van der Waals surface area contributed by atoms with E-state index in [9.17, 15) is 0 Å². The highest BCUT2D eigenvalue weighted by Crippen LogP contribution is 2.37. The molecule has 4 nitrogen and oxygen atoms in total. The Morgan fingerprint density at radius 2 is 1.50 bits per heavy atom. The molecule has 3 saturated heterocycles. The lowest BCUT2D eigenvalue weighted by molar-refractivity contribution is 0.000148. The molecule has 2 bridgehead atoms. The molecule has 26 heavy (non-hydrogen) atoms. The van der Waals surface area contributed by atoms with Crippen LogP contribution in [0.4, 0.5) is 0 Å². The van der Waals surface area contributed by atoms with Crippen LogP contribution in [-0.4, -0.2) is 48.5 Å². The molecule has 4 rings (SSSR count). The molecule has 3 atom stereocenters.